The quantitative estimate of drug-likeness (QED) is 0.790. The molecule has 4 heteroatoms. The van der Waals surface area contributed by atoms with Crippen molar-refractivity contribution in [3.63, 3.8) is 0 Å². The van der Waals surface area contributed by atoms with Gasteiger partial charge in [0.05, 0.1) is 4.90 Å². The van der Waals surface area contributed by atoms with Gasteiger partial charge in [-0.3, -0.25) is 0 Å². The van der Waals surface area contributed by atoms with Crippen molar-refractivity contribution in [3.8, 4) is 0 Å². The van der Waals surface area contributed by atoms with E-state index in [9.17, 15) is 8.42 Å². The van der Waals surface area contributed by atoms with Crippen molar-refractivity contribution in [1.29, 1.82) is 0 Å². The molecule has 0 aromatic heterocycles. The molecule has 0 amide bonds. The van der Waals surface area contributed by atoms with Gasteiger partial charge in [-0.25, -0.2) is 8.42 Å². The molecule has 1 atom stereocenters. The topological polar surface area (TPSA) is 37.4 Å². The monoisotopic (exact) mass is 341 g/mol. The zero-order valence-corrected chi connectivity index (χ0v) is 15.0. The summed E-state index contributed by atoms with van der Waals surface area (Å²) >= 11 is 0. The predicted molar refractivity (Wildman–Crippen MR) is 97.6 cm³/mol. The molecule has 1 aliphatic heterocycles. The van der Waals surface area contributed by atoms with E-state index in [4.69, 9.17) is 0 Å². The summed E-state index contributed by atoms with van der Waals surface area (Å²) in [4.78, 5) is 0.353. The fraction of sp³-hybridized carbons (Fsp3) is 0.300. The Labute approximate surface area is 144 Å². The van der Waals surface area contributed by atoms with Crippen molar-refractivity contribution in [2.75, 3.05) is 13.1 Å². The van der Waals surface area contributed by atoms with E-state index < -0.39 is 10.0 Å². The van der Waals surface area contributed by atoms with E-state index in [2.05, 4.69) is 25.6 Å². The molecule has 0 saturated carbocycles. The van der Waals surface area contributed by atoms with E-state index in [0.717, 1.165) is 17.6 Å². The standard InChI is InChI=1S/C20H23NO2S/c1-15-8-10-19(11-9-15)24(22,23)21-13-16(2)12-18(14-21)20-7-5-4-6-17(20)3/h4-11,18H,2,12-14H2,1,3H3. The zero-order chi connectivity index (χ0) is 17.3. The zero-order valence-electron chi connectivity index (χ0n) is 14.2. The lowest BCUT2D eigenvalue weighted by atomic mass is 9.87. The molecule has 126 valence electrons. The number of rotatable bonds is 3. The first-order chi connectivity index (χ1) is 11.4. The first kappa shape index (κ1) is 16.9. The Balaban J connectivity index is 1.92. The highest BCUT2D eigenvalue weighted by molar-refractivity contribution is 7.89. The molecule has 0 radical (unpaired) electrons. The lowest BCUT2D eigenvalue weighted by Crippen LogP contribution is -2.40. The number of nitrogens with zero attached hydrogens (tertiary/aromatic N) is 1. The first-order valence-corrected chi connectivity index (χ1v) is 9.61. The third-order valence-electron chi connectivity index (χ3n) is 4.65. The van der Waals surface area contributed by atoms with Crippen LogP contribution in [0.1, 0.15) is 29.0 Å². The van der Waals surface area contributed by atoms with Gasteiger partial charge in [-0.15, -0.1) is 0 Å². The molecular weight excluding hydrogens is 318 g/mol. The molecule has 0 bridgehead atoms. The maximum absolute atomic E-state index is 13.0. The summed E-state index contributed by atoms with van der Waals surface area (Å²) in [7, 11) is -3.49. The number of aryl methyl sites for hydroxylation is 2. The number of piperidine rings is 1. The second-order valence-corrected chi connectivity index (χ2v) is 8.56. The third-order valence-corrected chi connectivity index (χ3v) is 6.47. The van der Waals surface area contributed by atoms with Crippen LogP contribution in [0.15, 0.2) is 65.6 Å². The molecule has 3 rings (SSSR count). The number of sulfonamides is 1. The Morgan fingerprint density at radius 1 is 1.04 bits per heavy atom. The summed E-state index contributed by atoms with van der Waals surface area (Å²) in [6.45, 7) is 9.01. The highest BCUT2D eigenvalue weighted by Crippen LogP contribution is 2.33. The molecule has 1 saturated heterocycles. The average Bonchev–Trinajstić information content (AvgIpc) is 2.55. The Kier molecular flexibility index (Phi) is 4.61. The lowest BCUT2D eigenvalue weighted by Gasteiger charge is -2.34. The summed E-state index contributed by atoms with van der Waals surface area (Å²) in [5, 5.41) is 0. The van der Waals surface area contributed by atoms with E-state index in [1.807, 2.05) is 31.2 Å². The molecule has 24 heavy (non-hydrogen) atoms. The molecule has 1 fully saturated rings. The Morgan fingerprint density at radius 2 is 1.71 bits per heavy atom. The molecule has 2 aromatic carbocycles. The van der Waals surface area contributed by atoms with Crippen LogP contribution in [0.25, 0.3) is 0 Å². The molecule has 1 unspecified atom stereocenters. The van der Waals surface area contributed by atoms with Crippen LogP contribution in [0, 0.1) is 13.8 Å². The predicted octanol–water partition coefficient (Wildman–Crippen LogP) is 4.04. The van der Waals surface area contributed by atoms with Crippen LogP contribution >= 0.6 is 0 Å². The van der Waals surface area contributed by atoms with Gasteiger partial charge in [0, 0.05) is 19.0 Å². The maximum Gasteiger partial charge on any atom is 0.243 e. The Bertz CT molecular complexity index is 853. The minimum absolute atomic E-state index is 0.160. The fourth-order valence-electron chi connectivity index (χ4n) is 3.33. The highest BCUT2D eigenvalue weighted by Gasteiger charge is 2.32. The molecule has 1 heterocycles. The first-order valence-electron chi connectivity index (χ1n) is 8.17. The van der Waals surface area contributed by atoms with E-state index in [1.54, 1.807) is 16.4 Å². The number of benzene rings is 2. The van der Waals surface area contributed by atoms with Crippen molar-refractivity contribution in [2.45, 2.75) is 31.1 Å². The van der Waals surface area contributed by atoms with Crippen molar-refractivity contribution in [1.82, 2.24) is 4.31 Å². The Hall–Kier alpha value is -1.91. The molecule has 0 aliphatic carbocycles. The van der Waals surface area contributed by atoms with Crippen LogP contribution in [-0.4, -0.2) is 25.8 Å². The summed E-state index contributed by atoms with van der Waals surface area (Å²) < 4.78 is 27.6. The summed E-state index contributed by atoms with van der Waals surface area (Å²) in [5.41, 5.74) is 4.42. The largest absolute Gasteiger partial charge is 0.243 e. The van der Waals surface area contributed by atoms with Gasteiger partial charge in [0.1, 0.15) is 0 Å². The third kappa shape index (κ3) is 3.30. The molecular formula is C20H23NO2S. The van der Waals surface area contributed by atoms with Crippen molar-refractivity contribution < 1.29 is 8.42 Å². The van der Waals surface area contributed by atoms with Gasteiger partial charge in [0.25, 0.3) is 0 Å². The van der Waals surface area contributed by atoms with Gasteiger partial charge >= 0.3 is 0 Å². The molecule has 0 spiro atoms. The minimum Gasteiger partial charge on any atom is -0.207 e. The number of hydrogen-bond acceptors (Lipinski definition) is 2. The Morgan fingerprint density at radius 3 is 2.38 bits per heavy atom. The second kappa shape index (κ2) is 6.54. The summed E-state index contributed by atoms with van der Waals surface area (Å²) in [5.74, 6) is 0.160. The van der Waals surface area contributed by atoms with E-state index in [1.165, 1.54) is 11.1 Å². The molecule has 0 N–H and O–H groups in total. The summed E-state index contributed by atoms with van der Waals surface area (Å²) in [6.07, 6.45) is 0.838. The highest BCUT2D eigenvalue weighted by atomic mass is 32.2. The number of hydrogen-bond donors (Lipinski definition) is 0. The van der Waals surface area contributed by atoms with Gasteiger partial charge in [0.2, 0.25) is 10.0 Å². The van der Waals surface area contributed by atoms with E-state index in [-0.39, 0.29) is 5.92 Å². The maximum atomic E-state index is 13.0. The summed E-state index contributed by atoms with van der Waals surface area (Å²) in [6, 6.07) is 15.2. The van der Waals surface area contributed by atoms with E-state index >= 15 is 0 Å². The van der Waals surface area contributed by atoms with Crippen molar-refractivity contribution in [3.05, 3.63) is 77.4 Å². The minimum atomic E-state index is -3.49. The van der Waals surface area contributed by atoms with Gasteiger partial charge in [-0.05, 0) is 43.5 Å². The molecule has 3 nitrogen and oxygen atoms in total. The lowest BCUT2D eigenvalue weighted by molar-refractivity contribution is 0.364. The average molecular weight is 341 g/mol. The molecule has 1 aliphatic rings. The van der Waals surface area contributed by atoms with Crippen molar-refractivity contribution in [2.24, 2.45) is 0 Å². The fourth-order valence-corrected chi connectivity index (χ4v) is 4.84. The van der Waals surface area contributed by atoms with Crippen LogP contribution in [0.2, 0.25) is 0 Å². The second-order valence-electron chi connectivity index (χ2n) is 6.62. The van der Waals surface area contributed by atoms with Gasteiger partial charge in [0.15, 0.2) is 0 Å². The van der Waals surface area contributed by atoms with Gasteiger partial charge < -0.3 is 0 Å². The van der Waals surface area contributed by atoms with Crippen molar-refractivity contribution >= 4 is 10.0 Å². The molecule has 2 aromatic rings. The van der Waals surface area contributed by atoms with Crippen LogP contribution < -0.4 is 0 Å². The van der Waals surface area contributed by atoms with Gasteiger partial charge in [-0.2, -0.15) is 4.31 Å². The normalized spacial score (nSPS) is 19.4. The van der Waals surface area contributed by atoms with Crippen LogP contribution in [0.5, 0.6) is 0 Å². The van der Waals surface area contributed by atoms with Crippen LogP contribution in [0.4, 0.5) is 0 Å². The smallest absolute Gasteiger partial charge is 0.207 e. The van der Waals surface area contributed by atoms with Gasteiger partial charge in [-0.1, -0.05) is 54.1 Å². The SMILES string of the molecule is C=C1CC(c2ccccc2C)CN(S(=O)(=O)c2ccc(C)cc2)C1. The van der Waals surface area contributed by atoms with E-state index in [0.29, 0.717) is 18.0 Å². The van der Waals surface area contributed by atoms with Crippen LogP contribution in [-0.2, 0) is 10.0 Å². The van der Waals surface area contributed by atoms with Crippen LogP contribution in [0.3, 0.4) is 0 Å².